The topological polar surface area (TPSA) is 78.7 Å². The molecule has 0 unspecified atom stereocenters. The number of benzene rings is 1. The number of nitrogens with zero attached hydrogens (tertiary/aromatic N) is 2. The van der Waals surface area contributed by atoms with Crippen LogP contribution in [-0.2, 0) is 0 Å². The van der Waals surface area contributed by atoms with Crippen molar-refractivity contribution < 1.29 is 14.0 Å². The summed E-state index contributed by atoms with van der Waals surface area (Å²) in [6, 6.07) is 14.3. The number of ketones is 1. The minimum atomic E-state index is -0.399. The number of halogens is 1. The Morgan fingerprint density at radius 2 is 1.90 bits per heavy atom. The third kappa shape index (κ3) is 3.45. The molecule has 29 heavy (non-hydrogen) atoms. The highest BCUT2D eigenvalue weighted by Gasteiger charge is 2.21. The number of pyridine rings is 1. The van der Waals surface area contributed by atoms with E-state index in [1.807, 2.05) is 25.1 Å². The fourth-order valence-electron chi connectivity index (χ4n) is 3.23. The van der Waals surface area contributed by atoms with Gasteiger partial charge in [0, 0.05) is 23.5 Å². The maximum absolute atomic E-state index is 13.2. The molecule has 4 aromatic rings. The molecule has 1 amide bonds. The maximum atomic E-state index is 13.2. The van der Waals surface area contributed by atoms with Gasteiger partial charge in [-0.3, -0.25) is 9.59 Å². The van der Waals surface area contributed by atoms with E-state index in [9.17, 15) is 14.0 Å². The zero-order valence-electron chi connectivity index (χ0n) is 15.5. The molecule has 0 radical (unpaired) electrons. The third-order valence-corrected chi connectivity index (χ3v) is 4.66. The number of carbonyl (C=O) groups is 2. The van der Waals surface area contributed by atoms with Crippen molar-refractivity contribution >= 4 is 23.4 Å². The fraction of sp³-hybridized carbons (Fsp3) is 0.0455. The molecule has 6 nitrogen and oxygen atoms in total. The second-order valence-electron chi connectivity index (χ2n) is 6.46. The van der Waals surface area contributed by atoms with Crippen LogP contribution in [0, 0.1) is 12.7 Å². The first-order valence-corrected chi connectivity index (χ1v) is 8.93. The van der Waals surface area contributed by atoms with E-state index in [1.54, 1.807) is 28.9 Å². The van der Waals surface area contributed by atoms with Crippen LogP contribution in [0.1, 0.15) is 37.7 Å². The van der Waals surface area contributed by atoms with Crippen molar-refractivity contribution in [3.05, 3.63) is 101 Å². The van der Waals surface area contributed by atoms with E-state index < -0.39 is 5.82 Å². The summed E-state index contributed by atoms with van der Waals surface area (Å²) in [6.07, 6.45) is 4.96. The third-order valence-electron chi connectivity index (χ3n) is 4.66. The fourth-order valence-corrected chi connectivity index (χ4v) is 3.23. The van der Waals surface area contributed by atoms with Gasteiger partial charge in [0.2, 0.25) is 5.78 Å². The molecule has 3 heterocycles. The quantitative estimate of drug-likeness (QED) is 0.311. The van der Waals surface area contributed by atoms with Crippen molar-refractivity contribution in [2.75, 3.05) is 0 Å². The summed E-state index contributed by atoms with van der Waals surface area (Å²) in [5, 5.41) is 4.05. The van der Waals surface area contributed by atoms with Crippen LogP contribution >= 0.6 is 0 Å². The monoisotopic (exact) mass is 388 g/mol. The van der Waals surface area contributed by atoms with Crippen LogP contribution in [0.4, 0.5) is 4.39 Å². The van der Waals surface area contributed by atoms with E-state index in [1.165, 1.54) is 30.5 Å². The Morgan fingerprint density at radius 3 is 2.62 bits per heavy atom. The molecule has 0 saturated carbocycles. The number of aromatic nitrogens is 2. The van der Waals surface area contributed by atoms with Gasteiger partial charge in [0.05, 0.1) is 17.4 Å². The van der Waals surface area contributed by atoms with Crippen molar-refractivity contribution in [1.29, 1.82) is 0 Å². The number of fused-ring (bicyclic) bond motifs is 1. The minimum absolute atomic E-state index is 0.223. The molecule has 7 heteroatoms. The molecule has 0 aliphatic carbocycles. The summed E-state index contributed by atoms with van der Waals surface area (Å²) >= 11 is 0. The Balaban J connectivity index is 1.71. The number of amides is 1. The van der Waals surface area contributed by atoms with Crippen LogP contribution in [-0.4, -0.2) is 27.3 Å². The van der Waals surface area contributed by atoms with E-state index in [4.69, 9.17) is 0 Å². The van der Waals surface area contributed by atoms with Gasteiger partial charge in [-0.25, -0.2) is 9.82 Å². The summed E-state index contributed by atoms with van der Waals surface area (Å²) in [5.74, 6) is -0.988. The number of aromatic amines is 1. The highest BCUT2D eigenvalue weighted by molar-refractivity contribution is 6.12. The smallest absolute Gasteiger partial charge is 0.287 e. The summed E-state index contributed by atoms with van der Waals surface area (Å²) in [5.41, 5.74) is 5.91. The molecule has 0 bridgehead atoms. The van der Waals surface area contributed by atoms with Crippen LogP contribution in [0.2, 0.25) is 0 Å². The lowest BCUT2D eigenvalue weighted by Gasteiger charge is -2.04. The zero-order valence-corrected chi connectivity index (χ0v) is 15.5. The first-order valence-electron chi connectivity index (χ1n) is 8.93. The Kier molecular flexibility index (Phi) is 4.78. The number of hydrazone groups is 1. The lowest BCUT2D eigenvalue weighted by atomic mass is 10.0. The van der Waals surface area contributed by atoms with E-state index in [0.717, 1.165) is 5.52 Å². The summed E-state index contributed by atoms with van der Waals surface area (Å²) in [4.78, 5) is 27.9. The molecule has 0 aliphatic heterocycles. The highest BCUT2D eigenvalue weighted by Crippen LogP contribution is 2.24. The Bertz CT molecular complexity index is 1220. The number of H-pyrrole nitrogens is 1. The molecule has 0 atom stereocenters. The van der Waals surface area contributed by atoms with Gasteiger partial charge in [-0.15, -0.1) is 0 Å². The molecule has 4 rings (SSSR count). The lowest BCUT2D eigenvalue weighted by molar-refractivity contribution is 0.0950. The Labute approximate surface area is 165 Å². The lowest BCUT2D eigenvalue weighted by Crippen LogP contribution is -2.17. The first kappa shape index (κ1) is 18.4. The standard InChI is InChI=1S/C22H17FN4O2/c1-14-17(13-25-26-22(29)18-5-4-11-24-18)19-6-2-3-12-27(19)20(14)21(28)15-7-9-16(23)10-8-15/h2-13,24H,1H3,(H,26,29)/b25-13-. The van der Waals surface area contributed by atoms with E-state index in [0.29, 0.717) is 28.1 Å². The first-order chi connectivity index (χ1) is 14.1. The van der Waals surface area contributed by atoms with Crippen LogP contribution in [0.5, 0.6) is 0 Å². The SMILES string of the molecule is Cc1c(/C=N\NC(=O)c2ccc[nH]2)c2ccccn2c1C(=O)c1ccc(F)cc1. The van der Waals surface area contributed by atoms with Crippen molar-refractivity contribution in [2.24, 2.45) is 5.10 Å². The Hall–Kier alpha value is -4.00. The second-order valence-corrected chi connectivity index (χ2v) is 6.46. The van der Waals surface area contributed by atoms with E-state index in [2.05, 4.69) is 15.5 Å². The molecule has 0 saturated heterocycles. The Morgan fingerprint density at radius 1 is 1.10 bits per heavy atom. The summed E-state index contributed by atoms with van der Waals surface area (Å²) < 4.78 is 15.0. The number of hydrogen-bond acceptors (Lipinski definition) is 3. The normalized spacial score (nSPS) is 11.2. The van der Waals surface area contributed by atoms with Gasteiger partial charge in [-0.2, -0.15) is 5.10 Å². The number of hydrogen-bond donors (Lipinski definition) is 2. The van der Waals surface area contributed by atoms with Gasteiger partial charge in [0.25, 0.3) is 5.91 Å². The average Bonchev–Trinajstić information content (AvgIpc) is 3.35. The van der Waals surface area contributed by atoms with Gasteiger partial charge >= 0.3 is 0 Å². The van der Waals surface area contributed by atoms with Crippen LogP contribution in [0.25, 0.3) is 5.52 Å². The largest absolute Gasteiger partial charge is 0.357 e. The van der Waals surface area contributed by atoms with Gasteiger partial charge in [-0.1, -0.05) is 6.07 Å². The molecule has 2 N–H and O–H groups in total. The molecule has 3 aromatic heterocycles. The summed E-state index contributed by atoms with van der Waals surface area (Å²) in [6.45, 7) is 1.82. The van der Waals surface area contributed by atoms with Gasteiger partial charge in [0.15, 0.2) is 0 Å². The average molecular weight is 388 g/mol. The molecule has 144 valence electrons. The zero-order chi connectivity index (χ0) is 20.4. The van der Waals surface area contributed by atoms with Crippen LogP contribution < -0.4 is 5.43 Å². The van der Waals surface area contributed by atoms with Crippen molar-refractivity contribution in [2.45, 2.75) is 6.92 Å². The maximum Gasteiger partial charge on any atom is 0.287 e. The highest BCUT2D eigenvalue weighted by atomic mass is 19.1. The summed E-state index contributed by atoms with van der Waals surface area (Å²) in [7, 11) is 0. The minimum Gasteiger partial charge on any atom is -0.357 e. The number of carbonyl (C=O) groups excluding carboxylic acids is 2. The number of nitrogens with one attached hydrogen (secondary N) is 2. The van der Waals surface area contributed by atoms with Gasteiger partial charge in [0.1, 0.15) is 11.5 Å². The van der Waals surface area contributed by atoms with Crippen molar-refractivity contribution in [3.63, 3.8) is 0 Å². The van der Waals surface area contributed by atoms with Crippen LogP contribution in [0.3, 0.4) is 0 Å². The molecule has 0 fully saturated rings. The van der Waals surface area contributed by atoms with Gasteiger partial charge in [-0.05, 0) is 61.0 Å². The second kappa shape index (κ2) is 7.55. The predicted molar refractivity (Wildman–Crippen MR) is 108 cm³/mol. The van der Waals surface area contributed by atoms with E-state index in [-0.39, 0.29) is 11.7 Å². The molecule has 1 aromatic carbocycles. The molecular weight excluding hydrogens is 371 g/mol. The molecular formula is C22H17FN4O2. The van der Waals surface area contributed by atoms with Gasteiger partial charge < -0.3 is 9.38 Å². The van der Waals surface area contributed by atoms with E-state index >= 15 is 0 Å². The predicted octanol–water partition coefficient (Wildman–Crippen LogP) is 3.71. The molecule has 0 aliphatic rings. The molecule has 0 spiro atoms. The van der Waals surface area contributed by atoms with Crippen molar-refractivity contribution in [3.8, 4) is 0 Å². The number of rotatable bonds is 5. The van der Waals surface area contributed by atoms with Crippen LogP contribution in [0.15, 0.2) is 72.1 Å². The van der Waals surface area contributed by atoms with Crippen molar-refractivity contribution in [1.82, 2.24) is 14.8 Å².